The molecule has 0 spiro atoms. The molecule has 2 aliphatic heterocycles. The van der Waals surface area contributed by atoms with Gasteiger partial charge < -0.3 is 34.4 Å². The van der Waals surface area contributed by atoms with E-state index < -0.39 is 29.1 Å². The molecule has 0 aliphatic carbocycles. The van der Waals surface area contributed by atoms with Crippen molar-refractivity contribution in [3.8, 4) is 0 Å². The molecule has 0 radical (unpaired) electrons. The van der Waals surface area contributed by atoms with E-state index in [1.165, 1.54) is 7.11 Å². The fraction of sp³-hybridized carbons (Fsp3) is 0.543. The zero-order valence-corrected chi connectivity index (χ0v) is 27.7. The van der Waals surface area contributed by atoms with E-state index in [2.05, 4.69) is 5.32 Å². The molecule has 2 aliphatic rings. The van der Waals surface area contributed by atoms with Crippen LogP contribution in [0.3, 0.4) is 0 Å². The fourth-order valence-corrected chi connectivity index (χ4v) is 5.86. The van der Waals surface area contributed by atoms with Gasteiger partial charge >= 0.3 is 12.1 Å². The Labute approximate surface area is 272 Å². The first kappa shape index (κ1) is 36.5. The quantitative estimate of drug-likeness (QED) is 0.403. The van der Waals surface area contributed by atoms with Crippen LogP contribution in [0.5, 0.6) is 0 Å². The number of carboxylic acid groups (broad SMARTS) is 1. The Morgan fingerprint density at radius 3 is 1.72 bits per heavy atom. The minimum Gasteiger partial charge on any atom is -0.481 e. The lowest BCUT2D eigenvalue weighted by atomic mass is 9.84. The summed E-state index contributed by atoms with van der Waals surface area (Å²) in [6.45, 7) is 8.44. The van der Waals surface area contributed by atoms with Gasteiger partial charge in [-0.05, 0) is 76.6 Å². The second-order valence-electron chi connectivity index (χ2n) is 12.9. The van der Waals surface area contributed by atoms with Crippen molar-refractivity contribution < 1.29 is 38.5 Å². The van der Waals surface area contributed by atoms with Crippen molar-refractivity contribution in [2.75, 3.05) is 53.6 Å². The highest BCUT2D eigenvalue weighted by molar-refractivity contribution is 5.94. The van der Waals surface area contributed by atoms with Crippen molar-refractivity contribution in [2.45, 2.75) is 57.6 Å². The van der Waals surface area contributed by atoms with E-state index in [1.54, 1.807) is 24.1 Å². The number of nitrogens with zero attached hydrogens (tertiary/aromatic N) is 2. The zero-order chi connectivity index (χ0) is 33.7. The molecule has 11 heteroatoms. The highest BCUT2D eigenvalue weighted by atomic mass is 16.6. The number of carbonyl (C=O) groups is 4. The van der Waals surface area contributed by atoms with Crippen molar-refractivity contribution in [3.05, 3.63) is 71.8 Å². The molecule has 2 saturated heterocycles. The molecule has 2 aromatic carbocycles. The van der Waals surface area contributed by atoms with Gasteiger partial charge in [0.25, 0.3) is 11.8 Å². The minimum absolute atomic E-state index is 0.0175. The standard InChI is InChI=1S/C19H28N2O4.C16H21NO4/c1-18(2,3)25-17(23)20-19(14-24-4)10-12-21(13-11-19)16(22)15-8-6-5-7-9-15;1-21-11-14(16(19)20)12-7-9-17(10-8-12)15(18)13-5-3-2-4-6-13/h5-9H,10-14H2,1-4H3,(H,20,23);2-6,12,14H,7-11H2,1H3,(H,19,20). The molecule has 0 saturated carbocycles. The van der Waals surface area contributed by atoms with Crippen molar-refractivity contribution in [1.82, 2.24) is 15.1 Å². The lowest BCUT2D eigenvalue weighted by Crippen LogP contribution is -2.59. The Balaban J connectivity index is 0.000000254. The Morgan fingerprint density at radius 1 is 0.826 bits per heavy atom. The highest BCUT2D eigenvalue weighted by Crippen LogP contribution is 2.27. The van der Waals surface area contributed by atoms with Crippen LogP contribution >= 0.6 is 0 Å². The fourth-order valence-electron chi connectivity index (χ4n) is 5.86. The maximum atomic E-state index is 12.6. The van der Waals surface area contributed by atoms with Gasteiger partial charge in [0.1, 0.15) is 5.60 Å². The molecule has 2 aromatic rings. The summed E-state index contributed by atoms with van der Waals surface area (Å²) >= 11 is 0. The predicted octanol–water partition coefficient (Wildman–Crippen LogP) is 4.72. The molecular formula is C35H49N3O8. The van der Waals surface area contributed by atoms with Crippen LogP contribution in [0.15, 0.2) is 60.7 Å². The Kier molecular flexibility index (Phi) is 13.6. The van der Waals surface area contributed by atoms with E-state index in [4.69, 9.17) is 14.2 Å². The van der Waals surface area contributed by atoms with Gasteiger partial charge in [-0.3, -0.25) is 14.4 Å². The number of hydrogen-bond acceptors (Lipinski definition) is 7. The number of ether oxygens (including phenoxy) is 3. The molecule has 4 rings (SSSR count). The smallest absolute Gasteiger partial charge is 0.408 e. The molecule has 46 heavy (non-hydrogen) atoms. The Morgan fingerprint density at radius 2 is 1.30 bits per heavy atom. The van der Waals surface area contributed by atoms with Gasteiger partial charge in [-0.15, -0.1) is 0 Å². The molecule has 0 aromatic heterocycles. The number of amides is 3. The molecule has 11 nitrogen and oxygen atoms in total. The van der Waals surface area contributed by atoms with Crippen LogP contribution in [-0.4, -0.2) is 104 Å². The number of nitrogens with one attached hydrogen (secondary N) is 1. The monoisotopic (exact) mass is 639 g/mol. The van der Waals surface area contributed by atoms with E-state index in [-0.39, 0.29) is 24.3 Å². The van der Waals surface area contributed by atoms with Gasteiger partial charge in [-0.1, -0.05) is 36.4 Å². The number of hydrogen-bond donors (Lipinski definition) is 2. The van der Waals surface area contributed by atoms with Crippen molar-refractivity contribution in [1.29, 1.82) is 0 Å². The van der Waals surface area contributed by atoms with E-state index >= 15 is 0 Å². The third-order valence-corrected chi connectivity index (χ3v) is 8.30. The van der Waals surface area contributed by atoms with Crippen LogP contribution in [-0.2, 0) is 19.0 Å². The lowest BCUT2D eigenvalue weighted by Gasteiger charge is -2.42. The summed E-state index contributed by atoms with van der Waals surface area (Å²) in [6, 6.07) is 18.4. The SMILES string of the molecule is COCC(C(=O)O)C1CCN(C(=O)c2ccccc2)CC1.COCC1(NC(=O)OC(C)(C)C)CCN(C(=O)c2ccccc2)CC1. The van der Waals surface area contributed by atoms with Gasteiger partial charge in [0.15, 0.2) is 0 Å². The molecule has 1 unspecified atom stereocenters. The van der Waals surface area contributed by atoms with Crippen LogP contribution in [0, 0.1) is 11.8 Å². The summed E-state index contributed by atoms with van der Waals surface area (Å²) in [5.74, 6) is -1.19. The molecule has 0 bridgehead atoms. The summed E-state index contributed by atoms with van der Waals surface area (Å²) in [5.41, 5.74) is 0.303. The topological polar surface area (TPSA) is 135 Å². The van der Waals surface area contributed by atoms with Gasteiger partial charge in [-0.2, -0.15) is 0 Å². The maximum Gasteiger partial charge on any atom is 0.408 e. The first-order valence-corrected chi connectivity index (χ1v) is 15.8. The van der Waals surface area contributed by atoms with Crippen LogP contribution in [0.1, 0.15) is 67.2 Å². The molecule has 2 fully saturated rings. The minimum atomic E-state index is -0.815. The number of rotatable bonds is 9. The molecule has 2 heterocycles. The number of carboxylic acids is 1. The van der Waals surface area contributed by atoms with Crippen molar-refractivity contribution in [3.63, 3.8) is 0 Å². The first-order valence-electron chi connectivity index (χ1n) is 15.8. The van der Waals surface area contributed by atoms with Gasteiger partial charge in [0, 0.05) is 51.5 Å². The molecule has 1 atom stereocenters. The average molecular weight is 640 g/mol. The van der Waals surface area contributed by atoms with Crippen molar-refractivity contribution >= 4 is 23.9 Å². The number of alkyl carbamates (subject to hydrolysis) is 1. The summed E-state index contributed by atoms with van der Waals surface area (Å²) < 4.78 is 15.7. The van der Waals surface area contributed by atoms with Crippen LogP contribution in [0.25, 0.3) is 0 Å². The molecule has 3 amide bonds. The lowest BCUT2D eigenvalue weighted by molar-refractivity contribution is -0.146. The second-order valence-corrected chi connectivity index (χ2v) is 12.9. The van der Waals surface area contributed by atoms with Crippen LogP contribution in [0.4, 0.5) is 4.79 Å². The third kappa shape index (κ3) is 10.8. The number of carbonyl (C=O) groups excluding carboxylic acids is 3. The van der Waals surface area contributed by atoms with Gasteiger partial charge in [-0.25, -0.2) is 4.79 Å². The number of piperidine rings is 2. The van der Waals surface area contributed by atoms with Crippen LogP contribution < -0.4 is 5.32 Å². The number of aliphatic carboxylic acids is 1. The summed E-state index contributed by atoms with van der Waals surface area (Å²) in [7, 11) is 3.13. The number of likely N-dealkylation sites (tertiary alicyclic amines) is 2. The molecule has 252 valence electrons. The van der Waals surface area contributed by atoms with E-state index in [1.807, 2.05) is 74.2 Å². The average Bonchev–Trinajstić information content (AvgIpc) is 3.03. The normalized spacial score (nSPS) is 17.2. The van der Waals surface area contributed by atoms with Gasteiger partial charge in [0.05, 0.1) is 24.7 Å². The molecular weight excluding hydrogens is 590 g/mol. The van der Waals surface area contributed by atoms with Crippen molar-refractivity contribution in [2.24, 2.45) is 11.8 Å². The van der Waals surface area contributed by atoms with E-state index in [0.29, 0.717) is 69.6 Å². The third-order valence-electron chi connectivity index (χ3n) is 8.30. The molecule has 2 N–H and O–H groups in total. The second kappa shape index (κ2) is 17.1. The maximum absolute atomic E-state index is 12.6. The largest absolute Gasteiger partial charge is 0.481 e. The Bertz CT molecular complexity index is 1270. The number of benzene rings is 2. The van der Waals surface area contributed by atoms with Crippen LogP contribution in [0.2, 0.25) is 0 Å². The number of methoxy groups -OCH3 is 2. The Hall–Kier alpha value is -3.96. The van der Waals surface area contributed by atoms with E-state index in [0.717, 1.165) is 0 Å². The highest BCUT2D eigenvalue weighted by Gasteiger charge is 2.39. The summed E-state index contributed by atoms with van der Waals surface area (Å²) in [4.78, 5) is 51.9. The summed E-state index contributed by atoms with van der Waals surface area (Å²) in [6.07, 6.45) is 2.21. The summed E-state index contributed by atoms with van der Waals surface area (Å²) in [5, 5.41) is 12.2. The first-order chi connectivity index (χ1) is 21.9. The predicted molar refractivity (Wildman–Crippen MR) is 174 cm³/mol. The van der Waals surface area contributed by atoms with E-state index in [9.17, 15) is 24.3 Å². The zero-order valence-electron chi connectivity index (χ0n) is 27.7. The van der Waals surface area contributed by atoms with Gasteiger partial charge in [0.2, 0.25) is 0 Å².